The lowest BCUT2D eigenvalue weighted by atomic mass is 10.0. The Kier molecular flexibility index (Phi) is 6.43. The van der Waals surface area contributed by atoms with Gasteiger partial charge in [0.05, 0.1) is 16.8 Å². The lowest BCUT2D eigenvalue weighted by Crippen LogP contribution is -2.50. The van der Waals surface area contributed by atoms with Crippen molar-refractivity contribution in [2.75, 3.05) is 20.3 Å². The minimum Gasteiger partial charge on any atom is -0.383 e. The normalized spacial score (nSPS) is 12.3. The number of carbonyl (C=O) groups is 2. The van der Waals surface area contributed by atoms with Gasteiger partial charge in [0.15, 0.2) is 5.13 Å². The fourth-order valence-electron chi connectivity index (χ4n) is 2.77. The second-order valence-electron chi connectivity index (χ2n) is 6.75. The first-order chi connectivity index (χ1) is 13.5. The minimum absolute atomic E-state index is 0.0426. The molecule has 0 aliphatic carbocycles. The molecule has 1 aromatic carbocycles. The second kappa shape index (κ2) is 8.99. The van der Waals surface area contributed by atoms with Crippen LogP contribution in [-0.4, -0.2) is 47.7 Å². The molecule has 0 saturated heterocycles. The third-order valence-electron chi connectivity index (χ3n) is 4.31. The number of nitrogens with one attached hydrogen (secondary N) is 2. The van der Waals surface area contributed by atoms with Gasteiger partial charge in [-0.15, -0.1) is 0 Å². The van der Waals surface area contributed by atoms with Crippen molar-refractivity contribution in [1.82, 2.24) is 20.2 Å². The van der Waals surface area contributed by atoms with Crippen LogP contribution in [0, 0.1) is 5.92 Å². The van der Waals surface area contributed by atoms with Crippen molar-refractivity contribution in [3.05, 3.63) is 48.3 Å². The molecule has 2 aromatic heterocycles. The Morgan fingerprint density at radius 3 is 2.68 bits per heavy atom. The molecule has 8 heteroatoms. The van der Waals surface area contributed by atoms with Gasteiger partial charge in [-0.1, -0.05) is 25.2 Å². The molecule has 0 fully saturated rings. The lowest BCUT2D eigenvalue weighted by Gasteiger charge is -2.21. The highest BCUT2D eigenvalue weighted by molar-refractivity contribution is 7.20. The SMILES string of the molecule is COCCNC(=O)C(NC(=O)c1ccc2nc(-n3cccc3)sc2c1)C(C)C. The summed E-state index contributed by atoms with van der Waals surface area (Å²) in [6.07, 6.45) is 3.86. The van der Waals surface area contributed by atoms with Crippen molar-refractivity contribution in [2.24, 2.45) is 5.92 Å². The smallest absolute Gasteiger partial charge is 0.251 e. The zero-order chi connectivity index (χ0) is 20.1. The summed E-state index contributed by atoms with van der Waals surface area (Å²) in [6.45, 7) is 4.63. The van der Waals surface area contributed by atoms with Crippen LogP contribution >= 0.6 is 11.3 Å². The standard InChI is InChI=1S/C20H24N4O3S/c1-13(2)17(19(26)21-8-11-27-3)23-18(25)14-6-7-15-16(12-14)28-20(22-15)24-9-4-5-10-24/h4-7,9-10,12-13,17H,8,11H2,1-3H3,(H,21,26)(H,23,25). The molecule has 0 bridgehead atoms. The zero-order valence-electron chi connectivity index (χ0n) is 16.1. The van der Waals surface area contributed by atoms with E-state index in [1.807, 2.05) is 55.1 Å². The third-order valence-corrected chi connectivity index (χ3v) is 5.34. The Balaban J connectivity index is 1.75. The first kappa shape index (κ1) is 20.0. The molecule has 3 aromatic rings. The van der Waals surface area contributed by atoms with Crippen LogP contribution in [0.3, 0.4) is 0 Å². The summed E-state index contributed by atoms with van der Waals surface area (Å²) in [5.41, 5.74) is 1.34. The molecule has 28 heavy (non-hydrogen) atoms. The number of rotatable bonds is 8. The van der Waals surface area contributed by atoms with E-state index in [0.717, 1.165) is 15.3 Å². The molecule has 1 atom stereocenters. The molecule has 0 spiro atoms. The van der Waals surface area contributed by atoms with Crippen LogP contribution in [0.4, 0.5) is 0 Å². The summed E-state index contributed by atoms with van der Waals surface area (Å²) >= 11 is 1.51. The van der Waals surface area contributed by atoms with Gasteiger partial charge in [-0.25, -0.2) is 4.98 Å². The minimum atomic E-state index is -0.614. The summed E-state index contributed by atoms with van der Waals surface area (Å²) in [6, 6.07) is 8.64. The molecule has 0 aliphatic rings. The average Bonchev–Trinajstić information content (AvgIpc) is 3.34. The van der Waals surface area contributed by atoms with Crippen LogP contribution in [0.15, 0.2) is 42.7 Å². The van der Waals surface area contributed by atoms with E-state index in [1.54, 1.807) is 13.2 Å². The van der Waals surface area contributed by atoms with Gasteiger partial charge < -0.3 is 19.9 Å². The van der Waals surface area contributed by atoms with Crippen LogP contribution < -0.4 is 10.6 Å². The van der Waals surface area contributed by atoms with E-state index in [0.29, 0.717) is 18.7 Å². The van der Waals surface area contributed by atoms with Gasteiger partial charge in [0, 0.05) is 31.6 Å². The number of hydrogen-bond acceptors (Lipinski definition) is 5. The van der Waals surface area contributed by atoms with E-state index in [-0.39, 0.29) is 17.7 Å². The Morgan fingerprint density at radius 2 is 2.00 bits per heavy atom. The molecule has 7 nitrogen and oxygen atoms in total. The summed E-state index contributed by atoms with van der Waals surface area (Å²) in [5, 5.41) is 6.47. The van der Waals surface area contributed by atoms with E-state index in [1.165, 1.54) is 11.3 Å². The largest absolute Gasteiger partial charge is 0.383 e. The maximum Gasteiger partial charge on any atom is 0.251 e. The molecular formula is C20H24N4O3S. The summed E-state index contributed by atoms with van der Waals surface area (Å²) in [5.74, 6) is -0.536. The summed E-state index contributed by atoms with van der Waals surface area (Å²) in [4.78, 5) is 29.7. The number of hydrogen-bond donors (Lipinski definition) is 2. The molecule has 2 amide bonds. The Labute approximate surface area is 167 Å². The highest BCUT2D eigenvalue weighted by atomic mass is 32.1. The summed E-state index contributed by atoms with van der Waals surface area (Å²) < 4.78 is 7.80. The number of benzene rings is 1. The Hall–Kier alpha value is -2.71. The fourth-order valence-corrected chi connectivity index (χ4v) is 3.74. The molecule has 2 heterocycles. The van der Waals surface area contributed by atoms with Gasteiger partial charge in [-0.3, -0.25) is 9.59 Å². The number of amides is 2. The molecule has 1 unspecified atom stereocenters. The maximum atomic E-state index is 12.7. The molecule has 0 aliphatic heterocycles. The van der Waals surface area contributed by atoms with Crippen molar-refractivity contribution in [2.45, 2.75) is 19.9 Å². The molecule has 0 radical (unpaired) electrons. The quantitative estimate of drug-likeness (QED) is 0.569. The van der Waals surface area contributed by atoms with Crippen molar-refractivity contribution >= 4 is 33.4 Å². The van der Waals surface area contributed by atoms with Gasteiger partial charge in [0.2, 0.25) is 5.91 Å². The molecule has 148 valence electrons. The van der Waals surface area contributed by atoms with E-state index < -0.39 is 6.04 Å². The van der Waals surface area contributed by atoms with Crippen molar-refractivity contribution < 1.29 is 14.3 Å². The monoisotopic (exact) mass is 400 g/mol. The maximum absolute atomic E-state index is 12.7. The number of ether oxygens (including phenoxy) is 1. The van der Waals surface area contributed by atoms with Crippen LogP contribution in [-0.2, 0) is 9.53 Å². The van der Waals surface area contributed by atoms with Crippen molar-refractivity contribution in [1.29, 1.82) is 0 Å². The third kappa shape index (κ3) is 4.58. The van der Waals surface area contributed by atoms with Gasteiger partial charge >= 0.3 is 0 Å². The molecular weight excluding hydrogens is 376 g/mol. The molecule has 0 saturated carbocycles. The highest BCUT2D eigenvalue weighted by Crippen LogP contribution is 2.26. The zero-order valence-corrected chi connectivity index (χ0v) is 17.0. The topological polar surface area (TPSA) is 85.2 Å². The highest BCUT2D eigenvalue weighted by Gasteiger charge is 2.24. The predicted molar refractivity (Wildman–Crippen MR) is 110 cm³/mol. The molecule has 2 N–H and O–H groups in total. The van der Waals surface area contributed by atoms with Gasteiger partial charge in [0.25, 0.3) is 5.91 Å². The fraction of sp³-hybridized carbons (Fsp3) is 0.350. The van der Waals surface area contributed by atoms with Crippen molar-refractivity contribution in [3.63, 3.8) is 0 Å². The number of carbonyl (C=O) groups excluding carboxylic acids is 2. The number of thiazole rings is 1. The average molecular weight is 401 g/mol. The van der Waals surface area contributed by atoms with E-state index in [2.05, 4.69) is 15.6 Å². The van der Waals surface area contributed by atoms with Gasteiger partial charge in [-0.2, -0.15) is 0 Å². The number of methoxy groups -OCH3 is 1. The number of aromatic nitrogens is 2. The number of fused-ring (bicyclic) bond motifs is 1. The lowest BCUT2D eigenvalue weighted by molar-refractivity contribution is -0.124. The van der Waals surface area contributed by atoms with E-state index in [4.69, 9.17) is 4.74 Å². The van der Waals surface area contributed by atoms with Crippen molar-refractivity contribution in [3.8, 4) is 5.13 Å². The van der Waals surface area contributed by atoms with Gasteiger partial charge in [-0.05, 0) is 36.2 Å². The number of nitrogens with zero attached hydrogens (tertiary/aromatic N) is 2. The second-order valence-corrected chi connectivity index (χ2v) is 7.76. The van der Waals surface area contributed by atoms with Crippen LogP contribution in [0.5, 0.6) is 0 Å². The van der Waals surface area contributed by atoms with E-state index in [9.17, 15) is 9.59 Å². The molecule has 3 rings (SSSR count). The van der Waals surface area contributed by atoms with E-state index >= 15 is 0 Å². The van der Waals surface area contributed by atoms with Crippen LogP contribution in [0.25, 0.3) is 15.3 Å². The Bertz CT molecular complexity index is 950. The first-order valence-electron chi connectivity index (χ1n) is 9.11. The summed E-state index contributed by atoms with van der Waals surface area (Å²) in [7, 11) is 1.57. The Morgan fingerprint density at radius 1 is 1.25 bits per heavy atom. The van der Waals surface area contributed by atoms with Crippen LogP contribution in [0.1, 0.15) is 24.2 Å². The predicted octanol–water partition coefficient (Wildman–Crippen LogP) is 2.60. The van der Waals surface area contributed by atoms with Gasteiger partial charge in [0.1, 0.15) is 6.04 Å². The first-order valence-corrected chi connectivity index (χ1v) is 9.92. The van der Waals surface area contributed by atoms with Crippen LogP contribution in [0.2, 0.25) is 0 Å².